The van der Waals surface area contributed by atoms with Crippen molar-refractivity contribution in [2.45, 2.75) is 33.7 Å². The Hall–Kier alpha value is -2.36. The molecule has 1 atom stereocenters. The van der Waals surface area contributed by atoms with E-state index in [1.165, 1.54) is 17.7 Å². The van der Waals surface area contributed by atoms with Gasteiger partial charge in [0.25, 0.3) is 5.91 Å². The predicted molar refractivity (Wildman–Crippen MR) is 89.1 cm³/mol. The van der Waals surface area contributed by atoms with Gasteiger partial charge in [-0.2, -0.15) is 0 Å². The molecule has 122 valence electrons. The number of carbonyl (C=O) groups is 1. The summed E-state index contributed by atoms with van der Waals surface area (Å²) in [5.41, 5.74) is 4.05. The first-order chi connectivity index (χ1) is 10.9. The van der Waals surface area contributed by atoms with E-state index in [9.17, 15) is 9.18 Å². The van der Waals surface area contributed by atoms with Crippen LogP contribution in [0.4, 0.5) is 4.39 Å². The average Bonchev–Trinajstić information content (AvgIpc) is 2.46. The topological polar surface area (TPSA) is 38.3 Å². The van der Waals surface area contributed by atoms with E-state index in [2.05, 4.69) is 5.32 Å². The fraction of sp³-hybridized carbons (Fsp3) is 0.316. The lowest BCUT2D eigenvalue weighted by Crippen LogP contribution is -2.31. The number of benzene rings is 2. The number of ether oxygens (including phenoxy) is 1. The lowest BCUT2D eigenvalue weighted by atomic mass is 10.1. The van der Waals surface area contributed by atoms with Gasteiger partial charge in [0.1, 0.15) is 11.6 Å². The molecule has 0 saturated heterocycles. The summed E-state index contributed by atoms with van der Waals surface area (Å²) >= 11 is 0. The highest BCUT2D eigenvalue weighted by Crippen LogP contribution is 2.24. The van der Waals surface area contributed by atoms with E-state index in [-0.39, 0.29) is 24.4 Å². The number of rotatable bonds is 5. The molecule has 23 heavy (non-hydrogen) atoms. The molecule has 0 saturated carbocycles. The van der Waals surface area contributed by atoms with Crippen molar-refractivity contribution in [3.63, 3.8) is 0 Å². The molecule has 0 fully saturated rings. The van der Waals surface area contributed by atoms with E-state index in [1.54, 1.807) is 12.1 Å². The van der Waals surface area contributed by atoms with Gasteiger partial charge in [0, 0.05) is 0 Å². The van der Waals surface area contributed by atoms with Gasteiger partial charge in [-0.1, -0.05) is 29.8 Å². The summed E-state index contributed by atoms with van der Waals surface area (Å²) in [5, 5.41) is 2.85. The van der Waals surface area contributed by atoms with Gasteiger partial charge in [-0.15, -0.1) is 0 Å². The summed E-state index contributed by atoms with van der Waals surface area (Å²) in [5.74, 6) is 0.252. The Labute approximate surface area is 136 Å². The minimum atomic E-state index is -0.291. The van der Waals surface area contributed by atoms with Crippen LogP contribution >= 0.6 is 0 Å². The Morgan fingerprint density at radius 1 is 1.13 bits per heavy atom. The number of halogens is 1. The number of aryl methyl sites for hydroxylation is 3. The molecule has 2 aromatic rings. The van der Waals surface area contributed by atoms with Gasteiger partial charge in [0.15, 0.2) is 6.61 Å². The minimum Gasteiger partial charge on any atom is -0.483 e. The molecule has 3 nitrogen and oxygen atoms in total. The molecule has 0 aromatic heterocycles. The number of hydrogen-bond donors (Lipinski definition) is 1. The van der Waals surface area contributed by atoms with Crippen LogP contribution in [0.25, 0.3) is 0 Å². The molecule has 0 bridgehead atoms. The lowest BCUT2D eigenvalue weighted by Gasteiger charge is -2.16. The molecule has 0 aliphatic rings. The fourth-order valence-corrected chi connectivity index (χ4v) is 2.65. The van der Waals surface area contributed by atoms with Crippen LogP contribution in [0, 0.1) is 26.6 Å². The third-order valence-corrected chi connectivity index (χ3v) is 3.70. The quantitative estimate of drug-likeness (QED) is 0.905. The van der Waals surface area contributed by atoms with E-state index in [4.69, 9.17) is 4.74 Å². The standard InChI is InChI=1S/C19H22FNO2/c1-12-9-13(2)19(14(3)10-12)23-11-18(22)21-15(4)16-5-7-17(20)8-6-16/h5-10,15H,11H2,1-4H3,(H,21,22)/t15-/m1/s1. The van der Waals surface area contributed by atoms with Crippen molar-refractivity contribution in [2.24, 2.45) is 0 Å². The molecule has 0 spiro atoms. The third kappa shape index (κ3) is 4.55. The molecule has 4 heteroatoms. The Kier molecular flexibility index (Phi) is 5.37. The minimum absolute atomic E-state index is 0.0454. The molecule has 2 aromatic carbocycles. The Bertz CT molecular complexity index is 672. The molecular weight excluding hydrogens is 293 g/mol. The SMILES string of the molecule is Cc1cc(C)c(OCC(=O)N[C@H](C)c2ccc(F)cc2)c(C)c1. The first kappa shape index (κ1) is 17.0. The van der Waals surface area contributed by atoms with Crippen LogP contribution < -0.4 is 10.1 Å². The van der Waals surface area contributed by atoms with Gasteiger partial charge in [-0.25, -0.2) is 4.39 Å². The summed E-state index contributed by atoms with van der Waals surface area (Å²) in [6.45, 7) is 7.77. The Morgan fingerprint density at radius 3 is 2.26 bits per heavy atom. The van der Waals surface area contributed by atoms with Crippen molar-refractivity contribution in [3.8, 4) is 5.75 Å². The largest absolute Gasteiger partial charge is 0.483 e. The van der Waals surface area contributed by atoms with E-state index < -0.39 is 0 Å². The number of nitrogens with one attached hydrogen (secondary N) is 1. The molecule has 0 aliphatic carbocycles. The van der Waals surface area contributed by atoms with Gasteiger partial charge < -0.3 is 10.1 Å². The first-order valence-electron chi connectivity index (χ1n) is 7.62. The third-order valence-electron chi connectivity index (χ3n) is 3.70. The highest BCUT2D eigenvalue weighted by molar-refractivity contribution is 5.78. The summed E-state index contributed by atoms with van der Waals surface area (Å²) in [4.78, 5) is 12.0. The number of hydrogen-bond acceptors (Lipinski definition) is 2. The zero-order valence-corrected chi connectivity index (χ0v) is 13.9. The van der Waals surface area contributed by atoms with Crippen molar-refractivity contribution in [1.82, 2.24) is 5.32 Å². The van der Waals surface area contributed by atoms with Crippen molar-refractivity contribution >= 4 is 5.91 Å². The van der Waals surface area contributed by atoms with Crippen LogP contribution in [0.1, 0.15) is 35.2 Å². The molecular formula is C19H22FNO2. The molecule has 2 rings (SSSR count). The molecule has 0 unspecified atom stereocenters. The summed E-state index contributed by atoms with van der Waals surface area (Å²) in [6, 6.07) is 9.95. The maximum Gasteiger partial charge on any atom is 0.258 e. The summed E-state index contributed by atoms with van der Waals surface area (Å²) in [6.07, 6.45) is 0. The first-order valence-corrected chi connectivity index (χ1v) is 7.62. The predicted octanol–water partition coefficient (Wildman–Crippen LogP) is 4.01. The second-order valence-electron chi connectivity index (χ2n) is 5.86. The molecule has 0 radical (unpaired) electrons. The van der Waals surface area contributed by atoms with Gasteiger partial charge in [0.05, 0.1) is 6.04 Å². The highest BCUT2D eigenvalue weighted by atomic mass is 19.1. The summed E-state index contributed by atoms with van der Waals surface area (Å²) in [7, 11) is 0. The van der Waals surface area contributed by atoms with Crippen molar-refractivity contribution in [1.29, 1.82) is 0 Å². The van der Waals surface area contributed by atoms with Gasteiger partial charge >= 0.3 is 0 Å². The Balaban J connectivity index is 1.94. The van der Waals surface area contributed by atoms with E-state index in [0.717, 1.165) is 22.4 Å². The zero-order chi connectivity index (χ0) is 17.0. The smallest absolute Gasteiger partial charge is 0.258 e. The average molecular weight is 315 g/mol. The van der Waals surface area contributed by atoms with Crippen molar-refractivity contribution in [3.05, 3.63) is 64.5 Å². The molecule has 0 aliphatic heterocycles. The van der Waals surface area contributed by atoms with Crippen LogP contribution in [0.2, 0.25) is 0 Å². The van der Waals surface area contributed by atoms with Crippen molar-refractivity contribution in [2.75, 3.05) is 6.61 Å². The number of carbonyl (C=O) groups excluding carboxylic acids is 1. The van der Waals surface area contributed by atoms with Crippen LogP contribution in [-0.4, -0.2) is 12.5 Å². The maximum absolute atomic E-state index is 12.9. The lowest BCUT2D eigenvalue weighted by molar-refractivity contribution is -0.123. The Morgan fingerprint density at radius 2 is 1.70 bits per heavy atom. The van der Waals surface area contributed by atoms with Gasteiger partial charge in [-0.3, -0.25) is 4.79 Å². The molecule has 0 heterocycles. The van der Waals surface area contributed by atoms with Crippen LogP contribution in [-0.2, 0) is 4.79 Å². The van der Waals surface area contributed by atoms with Gasteiger partial charge in [-0.05, 0) is 56.5 Å². The van der Waals surface area contributed by atoms with E-state index in [1.807, 2.05) is 39.8 Å². The van der Waals surface area contributed by atoms with Crippen LogP contribution in [0.15, 0.2) is 36.4 Å². The molecule has 1 N–H and O–H groups in total. The summed E-state index contributed by atoms with van der Waals surface area (Å²) < 4.78 is 18.6. The van der Waals surface area contributed by atoms with Gasteiger partial charge in [0.2, 0.25) is 0 Å². The second kappa shape index (κ2) is 7.27. The maximum atomic E-state index is 12.9. The number of amides is 1. The van der Waals surface area contributed by atoms with E-state index in [0.29, 0.717) is 0 Å². The van der Waals surface area contributed by atoms with E-state index >= 15 is 0 Å². The van der Waals surface area contributed by atoms with Crippen LogP contribution in [0.5, 0.6) is 5.75 Å². The van der Waals surface area contributed by atoms with Crippen LogP contribution in [0.3, 0.4) is 0 Å². The fourth-order valence-electron chi connectivity index (χ4n) is 2.65. The normalized spacial score (nSPS) is 11.9. The molecule has 1 amide bonds. The highest BCUT2D eigenvalue weighted by Gasteiger charge is 2.12. The second-order valence-corrected chi connectivity index (χ2v) is 5.86. The monoisotopic (exact) mass is 315 g/mol. The van der Waals surface area contributed by atoms with Crippen molar-refractivity contribution < 1.29 is 13.9 Å². The zero-order valence-electron chi connectivity index (χ0n) is 13.9.